The summed E-state index contributed by atoms with van der Waals surface area (Å²) in [4.78, 5) is -0.0304. The van der Waals surface area contributed by atoms with E-state index in [-0.39, 0.29) is 9.92 Å². The van der Waals surface area contributed by atoms with Crippen molar-refractivity contribution in [3.8, 4) is 0 Å². The summed E-state index contributed by atoms with van der Waals surface area (Å²) in [6.45, 7) is 2.99. The quantitative estimate of drug-likeness (QED) is 0.834. The van der Waals surface area contributed by atoms with Crippen LogP contribution in [0.3, 0.4) is 0 Å². The molecule has 0 spiro atoms. The average molecular weight is 335 g/mol. The zero-order chi connectivity index (χ0) is 15.6. The first-order chi connectivity index (χ1) is 9.90. The first kappa shape index (κ1) is 16.7. The molecule has 0 bridgehead atoms. The van der Waals surface area contributed by atoms with Gasteiger partial charge in [-0.25, -0.2) is 12.8 Å². The minimum Gasteiger partial charge on any atom is -0.316 e. The molecule has 0 heterocycles. The van der Waals surface area contributed by atoms with Crippen LogP contribution in [-0.2, 0) is 16.6 Å². The van der Waals surface area contributed by atoms with Crippen molar-refractivity contribution >= 4 is 21.6 Å². The Morgan fingerprint density at radius 2 is 2.10 bits per heavy atom. The highest BCUT2D eigenvalue weighted by atomic mass is 35.5. The van der Waals surface area contributed by atoms with Crippen LogP contribution in [0.5, 0.6) is 0 Å². The standard InChI is InChI=1S/C14H20ClFN2O2S/c1-3-18(9-10-4-5-10)21(19,20)12-6-11(8-17-2)14(15)13(16)7-12/h6-7,10,17H,3-5,8-9H2,1-2H3. The van der Waals surface area contributed by atoms with Crippen molar-refractivity contribution in [2.45, 2.75) is 31.2 Å². The van der Waals surface area contributed by atoms with E-state index in [0.717, 1.165) is 18.9 Å². The summed E-state index contributed by atoms with van der Waals surface area (Å²) in [5.74, 6) is -0.265. The fraction of sp³-hybridized carbons (Fsp3) is 0.571. The highest BCUT2D eigenvalue weighted by molar-refractivity contribution is 7.89. The summed E-state index contributed by atoms with van der Waals surface area (Å²) < 4.78 is 40.6. The van der Waals surface area contributed by atoms with Crippen LogP contribution in [0, 0.1) is 11.7 Å². The van der Waals surface area contributed by atoms with E-state index >= 15 is 0 Å². The number of hydrogen-bond acceptors (Lipinski definition) is 3. The van der Waals surface area contributed by atoms with E-state index in [1.807, 2.05) is 0 Å². The SMILES string of the molecule is CCN(CC1CC1)S(=O)(=O)c1cc(F)c(Cl)c(CNC)c1. The highest BCUT2D eigenvalue weighted by Gasteiger charge is 2.31. The van der Waals surface area contributed by atoms with E-state index in [9.17, 15) is 12.8 Å². The van der Waals surface area contributed by atoms with Gasteiger partial charge in [0.05, 0.1) is 9.92 Å². The normalized spacial score (nSPS) is 15.7. The van der Waals surface area contributed by atoms with E-state index in [1.165, 1.54) is 10.4 Å². The van der Waals surface area contributed by atoms with E-state index in [0.29, 0.717) is 31.1 Å². The molecule has 2 rings (SSSR count). The second-order valence-corrected chi connectivity index (χ2v) is 7.62. The molecule has 0 atom stereocenters. The van der Waals surface area contributed by atoms with Crippen LogP contribution in [0.1, 0.15) is 25.3 Å². The Kier molecular flexibility index (Phi) is 5.24. The number of rotatable bonds is 7. The summed E-state index contributed by atoms with van der Waals surface area (Å²) in [5.41, 5.74) is 0.445. The molecular formula is C14H20ClFN2O2S. The number of halogens is 2. The Bertz CT molecular complexity index is 618. The number of nitrogens with zero attached hydrogens (tertiary/aromatic N) is 1. The molecule has 0 radical (unpaired) electrons. The third kappa shape index (κ3) is 3.74. The zero-order valence-corrected chi connectivity index (χ0v) is 13.8. The van der Waals surface area contributed by atoms with Crippen LogP contribution in [0.4, 0.5) is 4.39 Å². The lowest BCUT2D eigenvalue weighted by molar-refractivity contribution is 0.411. The van der Waals surface area contributed by atoms with Crippen LogP contribution >= 0.6 is 11.6 Å². The molecule has 4 nitrogen and oxygen atoms in total. The molecule has 1 aromatic rings. The largest absolute Gasteiger partial charge is 0.316 e. The maximum atomic E-state index is 13.9. The summed E-state index contributed by atoms with van der Waals surface area (Å²) in [7, 11) is -1.98. The molecule has 0 saturated heterocycles. The summed E-state index contributed by atoms with van der Waals surface area (Å²) in [6, 6.07) is 2.46. The van der Waals surface area contributed by atoms with Gasteiger partial charge in [-0.05, 0) is 43.5 Å². The van der Waals surface area contributed by atoms with Gasteiger partial charge in [0.1, 0.15) is 5.82 Å². The van der Waals surface area contributed by atoms with Crippen molar-refractivity contribution in [2.24, 2.45) is 5.92 Å². The summed E-state index contributed by atoms with van der Waals surface area (Å²) in [6.07, 6.45) is 2.12. The monoisotopic (exact) mass is 334 g/mol. The second-order valence-electron chi connectivity index (χ2n) is 5.31. The second kappa shape index (κ2) is 6.60. The molecule has 0 aromatic heterocycles. The molecule has 1 saturated carbocycles. The van der Waals surface area contributed by atoms with Gasteiger partial charge in [-0.15, -0.1) is 0 Å². The van der Waals surface area contributed by atoms with Crippen LogP contribution in [0.25, 0.3) is 0 Å². The lowest BCUT2D eigenvalue weighted by atomic mass is 10.2. The first-order valence-corrected chi connectivity index (χ1v) is 8.84. The van der Waals surface area contributed by atoms with E-state index in [4.69, 9.17) is 11.6 Å². The fourth-order valence-corrected chi connectivity index (χ4v) is 3.99. The van der Waals surface area contributed by atoms with Crippen molar-refractivity contribution in [1.82, 2.24) is 9.62 Å². The van der Waals surface area contributed by atoms with Crippen molar-refractivity contribution in [1.29, 1.82) is 0 Å². The number of sulfonamides is 1. The summed E-state index contributed by atoms with van der Waals surface area (Å²) in [5, 5.41) is 2.82. The topological polar surface area (TPSA) is 49.4 Å². The van der Waals surface area contributed by atoms with Crippen molar-refractivity contribution in [3.63, 3.8) is 0 Å². The van der Waals surface area contributed by atoms with Crippen LogP contribution in [-0.4, -0.2) is 32.9 Å². The van der Waals surface area contributed by atoms with E-state index in [2.05, 4.69) is 5.32 Å². The minimum atomic E-state index is -3.68. The highest BCUT2D eigenvalue weighted by Crippen LogP contribution is 2.32. The molecule has 1 aliphatic rings. The van der Waals surface area contributed by atoms with Gasteiger partial charge >= 0.3 is 0 Å². The molecule has 0 aliphatic heterocycles. The lowest BCUT2D eigenvalue weighted by Gasteiger charge is -2.21. The third-order valence-corrected chi connectivity index (χ3v) is 5.94. The molecule has 1 fully saturated rings. The molecule has 1 aliphatic carbocycles. The smallest absolute Gasteiger partial charge is 0.243 e. The molecular weight excluding hydrogens is 315 g/mol. The fourth-order valence-electron chi connectivity index (χ4n) is 2.22. The zero-order valence-electron chi connectivity index (χ0n) is 12.2. The molecule has 0 unspecified atom stereocenters. The molecule has 0 amide bonds. The Labute approximate surface area is 130 Å². The van der Waals surface area contributed by atoms with Crippen LogP contribution < -0.4 is 5.32 Å². The van der Waals surface area contributed by atoms with Gasteiger partial charge in [-0.3, -0.25) is 0 Å². The predicted octanol–water partition coefficient (Wildman–Crippen LogP) is 2.62. The number of benzene rings is 1. The Morgan fingerprint density at radius 1 is 1.43 bits per heavy atom. The molecule has 1 aromatic carbocycles. The van der Waals surface area contributed by atoms with Gasteiger partial charge in [0.25, 0.3) is 0 Å². The number of nitrogens with one attached hydrogen (secondary N) is 1. The molecule has 7 heteroatoms. The minimum absolute atomic E-state index is 0.0304. The number of hydrogen-bond donors (Lipinski definition) is 1. The molecule has 118 valence electrons. The summed E-state index contributed by atoms with van der Waals surface area (Å²) >= 11 is 5.88. The Hall–Kier alpha value is -0.690. The average Bonchev–Trinajstić information content (AvgIpc) is 3.24. The Balaban J connectivity index is 2.38. The molecule has 21 heavy (non-hydrogen) atoms. The third-order valence-electron chi connectivity index (χ3n) is 3.59. The first-order valence-electron chi connectivity index (χ1n) is 7.02. The maximum Gasteiger partial charge on any atom is 0.243 e. The lowest BCUT2D eigenvalue weighted by Crippen LogP contribution is -2.33. The van der Waals surface area contributed by atoms with Crippen LogP contribution in [0.15, 0.2) is 17.0 Å². The van der Waals surface area contributed by atoms with Gasteiger partial charge in [-0.2, -0.15) is 4.31 Å². The van der Waals surface area contributed by atoms with Crippen LogP contribution in [0.2, 0.25) is 5.02 Å². The predicted molar refractivity (Wildman–Crippen MR) is 81.3 cm³/mol. The van der Waals surface area contributed by atoms with Gasteiger partial charge in [0.15, 0.2) is 0 Å². The van der Waals surface area contributed by atoms with E-state index in [1.54, 1.807) is 14.0 Å². The molecule has 1 N–H and O–H groups in total. The van der Waals surface area contributed by atoms with Crippen molar-refractivity contribution in [3.05, 3.63) is 28.5 Å². The van der Waals surface area contributed by atoms with Gasteiger partial charge in [0.2, 0.25) is 10.0 Å². The van der Waals surface area contributed by atoms with Crippen molar-refractivity contribution in [2.75, 3.05) is 20.1 Å². The van der Waals surface area contributed by atoms with Crippen molar-refractivity contribution < 1.29 is 12.8 Å². The van der Waals surface area contributed by atoms with Gasteiger partial charge < -0.3 is 5.32 Å². The maximum absolute atomic E-state index is 13.9. The van der Waals surface area contributed by atoms with E-state index < -0.39 is 15.8 Å². The van der Waals surface area contributed by atoms with Gasteiger partial charge in [0, 0.05) is 19.6 Å². The Morgan fingerprint density at radius 3 is 2.62 bits per heavy atom. The van der Waals surface area contributed by atoms with Gasteiger partial charge in [-0.1, -0.05) is 18.5 Å².